The van der Waals surface area contributed by atoms with Gasteiger partial charge in [-0.2, -0.15) is 0 Å². The molecule has 3 rings (SSSR count). The number of nitrogens with one attached hydrogen (secondary N) is 1. The second kappa shape index (κ2) is 7.78. The first-order chi connectivity index (χ1) is 12.9. The second-order valence-corrected chi connectivity index (χ2v) is 7.14. The predicted octanol–water partition coefficient (Wildman–Crippen LogP) is 4.62. The Hall–Kier alpha value is -2.89. The monoisotopic (exact) mass is 367 g/mol. The van der Waals surface area contributed by atoms with Gasteiger partial charge < -0.3 is 10.2 Å². The average Bonchev–Trinajstić information content (AvgIpc) is 3.17. The maximum Gasteiger partial charge on any atom is 0.282 e. The van der Waals surface area contributed by atoms with Crippen molar-refractivity contribution in [2.45, 2.75) is 39.7 Å². The highest BCUT2D eigenvalue weighted by Gasteiger charge is 2.27. The number of nitrogens with zero attached hydrogens (tertiary/aromatic N) is 2. The van der Waals surface area contributed by atoms with Gasteiger partial charge in [0.05, 0.1) is 4.92 Å². The van der Waals surface area contributed by atoms with Crippen LogP contribution in [0.15, 0.2) is 36.4 Å². The molecule has 1 aliphatic heterocycles. The van der Waals surface area contributed by atoms with Crippen molar-refractivity contribution in [2.24, 2.45) is 0 Å². The van der Waals surface area contributed by atoms with Gasteiger partial charge in [0.25, 0.3) is 11.6 Å². The smallest absolute Gasteiger partial charge is 0.282 e. The summed E-state index contributed by atoms with van der Waals surface area (Å²) in [6, 6.07) is 10.9. The summed E-state index contributed by atoms with van der Waals surface area (Å²) in [7, 11) is 0. The largest absolute Gasteiger partial charge is 0.378 e. The standard InChI is InChI=1S/C21H25N3O3/c1-14-7-6-8-18(15(14)2)16(3)22-17-9-10-20(24(26)27)19(13-17)21(25)23-11-4-5-12-23/h6-10,13,16,22H,4-5,11-12H2,1-3H3. The van der Waals surface area contributed by atoms with Crippen LogP contribution in [0, 0.1) is 24.0 Å². The quantitative estimate of drug-likeness (QED) is 0.618. The summed E-state index contributed by atoms with van der Waals surface area (Å²) >= 11 is 0. The third kappa shape index (κ3) is 3.94. The van der Waals surface area contributed by atoms with Crippen molar-refractivity contribution in [2.75, 3.05) is 18.4 Å². The molecule has 0 bridgehead atoms. The number of aryl methyl sites for hydroxylation is 1. The maximum absolute atomic E-state index is 12.8. The van der Waals surface area contributed by atoms with E-state index in [0.717, 1.165) is 12.8 Å². The van der Waals surface area contributed by atoms with E-state index in [2.05, 4.69) is 31.3 Å². The molecule has 1 saturated heterocycles. The van der Waals surface area contributed by atoms with E-state index < -0.39 is 4.92 Å². The summed E-state index contributed by atoms with van der Waals surface area (Å²) in [4.78, 5) is 25.4. The molecule has 142 valence electrons. The predicted molar refractivity (Wildman–Crippen MR) is 106 cm³/mol. The number of hydrogen-bond acceptors (Lipinski definition) is 4. The number of nitro benzene ring substituents is 1. The molecule has 0 saturated carbocycles. The van der Waals surface area contributed by atoms with Crippen molar-refractivity contribution < 1.29 is 9.72 Å². The summed E-state index contributed by atoms with van der Waals surface area (Å²) in [5.41, 5.74) is 4.32. The highest BCUT2D eigenvalue weighted by molar-refractivity contribution is 5.99. The van der Waals surface area contributed by atoms with E-state index in [-0.39, 0.29) is 23.2 Å². The summed E-state index contributed by atoms with van der Waals surface area (Å²) in [6.07, 6.45) is 1.89. The third-order valence-corrected chi connectivity index (χ3v) is 5.31. The fourth-order valence-corrected chi connectivity index (χ4v) is 3.62. The van der Waals surface area contributed by atoms with Gasteiger partial charge >= 0.3 is 0 Å². The Morgan fingerprint density at radius 2 is 1.89 bits per heavy atom. The first-order valence-electron chi connectivity index (χ1n) is 9.29. The molecular formula is C21H25N3O3. The molecular weight excluding hydrogens is 342 g/mol. The maximum atomic E-state index is 12.8. The zero-order chi connectivity index (χ0) is 19.6. The number of carbonyl (C=O) groups is 1. The lowest BCUT2D eigenvalue weighted by atomic mass is 9.98. The lowest BCUT2D eigenvalue weighted by molar-refractivity contribution is -0.385. The Morgan fingerprint density at radius 1 is 1.19 bits per heavy atom. The molecule has 1 heterocycles. The normalized spacial score (nSPS) is 14.9. The molecule has 27 heavy (non-hydrogen) atoms. The molecule has 0 aromatic heterocycles. The average molecular weight is 367 g/mol. The molecule has 0 spiro atoms. The zero-order valence-corrected chi connectivity index (χ0v) is 16.0. The minimum absolute atomic E-state index is 0.0149. The minimum atomic E-state index is -0.485. The molecule has 0 radical (unpaired) electrons. The van der Waals surface area contributed by atoms with E-state index >= 15 is 0 Å². The van der Waals surface area contributed by atoms with Crippen molar-refractivity contribution >= 4 is 17.3 Å². The van der Waals surface area contributed by atoms with E-state index in [1.807, 2.05) is 13.0 Å². The number of likely N-dealkylation sites (tertiary alicyclic amines) is 1. The fraction of sp³-hybridized carbons (Fsp3) is 0.381. The van der Waals surface area contributed by atoms with E-state index in [1.165, 1.54) is 22.8 Å². The molecule has 1 aliphatic rings. The summed E-state index contributed by atoms with van der Waals surface area (Å²) in [5.74, 6) is -0.262. The molecule has 1 fully saturated rings. The molecule has 6 nitrogen and oxygen atoms in total. The summed E-state index contributed by atoms with van der Waals surface area (Å²) in [6.45, 7) is 7.52. The van der Waals surface area contributed by atoms with Crippen LogP contribution in [0.3, 0.4) is 0 Å². The number of anilines is 1. The van der Waals surface area contributed by atoms with E-state index in [4.69, 9.17) is 0 Å². The second-order valence-electron chi connectivity index (χ2n) is 7.14. The molecule has 2 aromatic carbocycles. The number of amides is 1. The van der Waals surface area contributed by atoms with Gasteiger partial charge in [0.2, 0.25) is 0 Å². The molecule has 1 N–H and O–H groups in total. The zero-order valence-electron chi connectivity index (χ0n) is 16.0. The summed E-state index contributed by atoms with van der Waals surface area (Å²) < 4.78 is 0. The number of nitro groups is 1. The van der Waals surface area contributed by atoms with Gasteiger partial charge in [-0.15, -0.1) is 0 Å². The van der Waals surface area contributed by atoms with Crippen molar-refractivity contribution in [1.29, 1.82) is 0 Å². The van der Waals surface area contributed by atoms with E-state index in [0.29, 0.717) is 18.8 Å². The van der Waals surface area contributed by atoms with E-state index in [9.17, 15) is 14.9 Å². The Labute approximate surface area is 159 Å². The van der Waals surface area contributed by atoms with Gasteiger partial charge in [-0.05, 0) is 62.4 Å². The minimum Gasteiger partial charge on any atom is -0.378 e. The molecule has 1 amide bonds. The summed E-state index contributed by atoms with van der Waals surface area (Å²) in [5, 5.41) is 14.8. The van der Waals surface area contributed by atoms with Crippen LogP contribution in [0.1, 0.15) is 52.9 Å². The molecule has 1 unspecified atom stereocenters. The van der Waals surface area contributed by atoms with Gasteiger partial charge in [-0.3, -0.25) is 14.9 Å². The third-order valence-electron chi connectivity index (χ3n) is 5.31. The molecule has 6 heteroatoms. The topological polar surface area (TPSA) is 75.5 Å². The van der Waals surface area contributed by atoms with Gasteiger partial charge in [0, 0.05) is 30.9 Å². The van der Waals surface area contributed by atoms with Gasteiger partial charge in [0.15, 0.2) is 0 Å². The van der Waals surface area contributed by atoms with Crippen LogP contribution >= 0.6 is 0 Å². The highest BCUT2D eigenvalue weighted by atomic mass is 16.6. The fourth-order valence-electron chi connectivity index (χ4n) is 3.62. The van der Waals surface area contributed by atoms with Crippen molar-refractivity contribution in [3.8, 4) is 0 Å². The van der Waals surface area contributed by atoms with Crippen LogP contribution in [0.25, 0.3) is 0 Å². The van der Waals surface area contributed by atoms with Crippen LogP contribution in [0.2, 0.25) is 0 Å². The van der Waals surface area contributed by atoms with E-state index in [1.54, 1.807) is 17.0 Å². The van der Waals surface area contributed by atoms with Gasteiger partial charge in [-0.1, -0.05) is 18.2 Å². The molecule has 1 atom stereocenters. The Kier molecular flexibility index (Phi) is 5.44. The Bertz CT molecular complexity index is 873. The number of carbonyl (C=O) groups excluding carboxylic acids is 1. The van der Waals surface area contributed by atoms with Crippen molar-refractivity contribution in [3.05, 3.63) is 68.8 Å². The highest BCUT2D eigenvalue weighted by Crippen LogP contribution is 2.29. The van der Waals surface area contributed by atoms with Gasteiger partial charge in [-0.25, -0.2) is 0 Å². The Morgan fingerprint density at radius 3 is 2.56 bits per heavy atom. The molecule has 0 aliphatic carbocycles. The van der Waals surface area contributed by atoms with Gasteiger partial charge in [0.1, 0.15) is 5.56 Å². The number of benzene rings is 2. The van der Waals surface area contributed by atoms with Crippen LogP contribution in [-0.4, -0.2) is 28.8 Å². The number of hydrogen-bond donors (Lipinski definition) is 1. The first kappa shape index (κ1) is 18.9. The lowest BCUT2D eigenvalue weighted by Crippen LogP contribution is -2.28. The SMILES string of the molecule is Cc1cccc(C(C)Nc2ccc([N+](=O)[O-])c(C(=O)N3CCCC3)c2)c1C. The van der Waals surface area contributed by atoms with Crippen LogP contribution < -0.4 is 5.32 Å². The van der Waals surface area contributed by atoms with Crippen LogP contribution in [0.4, 0.5) is 11.4 Å². The van der Waals surface area contributed by atoms with Crippen molar-refractivity contribution in [1.82, 2.24) is 4.90 Å². The van der Waals surface area contributed by atoms with Crippen LogP contribution in [0.5, 0.6) is 0 Å². The Balaban J connectivity index is 1.90. The first-order valence-corrected chi connectivity index (χ1v) is 9.29. The van der Waals surface area contributed by atoms with Crippen LogP contribution in [-0.2, 0) is 0 Å². The molecule has 2 aromatic rings. The lowest BCUT2D eigenvalue weighted by Gasteiger charge is -2.20. The number of rotatable bonds is 5. The van der Waals surface area contributed by atoms with Crippen molar-refractivity contribution in [3.63, 3.8) is 0 Å².